The number of hydrogen-bond acceptors (Lipinski definition) is 4. The fraction of sp³-hybridized carbons (Fsp3) is 0.550. The van der Waals surface area contributed by atoms with Crippen LogP contribution in [0.25, 0.3) is 0 Å². The molecule has 7 heteroatoms. The second-order valence-corrected chi connectivity index (χ2v) is 8.48. The lowest BCUT2D eigenvalue weighted by Gasteiger charge is -2.59. The number of carbonyl (C=O) groups excluding carboxylic acids is 1. The highest BCUT2D eigenvalue weighted by molar-refractivity contribution is 6.31. The molecule has 2 atom stereocenters. The third kappa shape index (κ3) is 2.64. The van der Waals surface area contributed by atoms with Gasteiger partial charge in [0.15, 0.2) is 0 Å². The van der Waals surface area contributed by atoms with E-state index in [1.165, 1.54) is 19.3 Å². The number of benzene rings is 1. The number of likely N-dealkylation sites (tertiary alicyclic amines) is 1. The molecule has 3 aliphatic rings. The van der Waals surface area contributed by atoms with Crippen molar-refractivity contribution in [3.8, 4) is 0 Å². The highest BCUT2D eigenvalue weighted by Crippen LogP contribution is 2.53. The Morgan fingerprint density at radius 2 is 2.15 bits per heavy atom. The van der Waals surface area contributed by atoms with Crippen LogP contribution in [0.2, 0.25) is 5.02 Å². The quantitative estimate of drug-likeness (QED) is 0.807. The summed E-state index contributed by atoms with van der Waals surface area (Å²) in [5.74, 6) is 1.62. The summed E-state index contributed by atoms with van der Waals surface area (Å²) < 4.78 is 5.72. The Kier molecular flexibility index (Phi) is 3.93. The molecule has 1 aromatic heterocycles. The van der Waals surface area contributed by atoms with Crippen LogP contribution in [-0.2, 0) is 5.54 Å². The normalized spacial score (nSPS) is 27.0. The van der Waals surface area contributed by atoms with E-state index in [4.69, 9.17) is 16.0 Å². The maximum absolute atomic E-state index is 13.1. The van der Waals surface area contributed by atoms with Crippen molar-refractivity contribution >= 4 is 23.3 Å². The van der Waals surface area contributed by atoms with Crippen LogP contribution >= 0.6 is 11.6 Å². The molecule has 2 unspecified atom stereocenters. The first kappa shape index (κ1) is 17.0. The van der Waals surface area contributed by atoms with Crippen molar-refractivity contribution in [3.05, 3.63) is 40.6 Å². The number of rotatable bonds is 3. The maximum atomic E-state index is 13.1. The fourth-order valence-electron chi connectivity index (χ4n) is 4.88. The molecule has 2 aliphatic carbocycles. The highest BCUT2D eigenvalue weighted by atomic mass is 35.5. The lowest BCUT2D eigenvalue weighted by atomic mass is 9.68. The maximum Gasteiger partial charge on any atom is 0.322 e. The summed E-state index contributed by atoms with van der Waals surface area (Å²) >= 11 is 6.37. The van der Waals surface area contributed by atoms with Crippen molar-refractivity contribution < 1.29 is 9.21 Å². The SMILES string of the molecule is Cc1nnc(C23CCCC(C2)N3C(=O)Nc2ccc(Cl)c(C3CCC3)c2)o1. The number of piperidine rings is 1. The topological polar surface area (TPSA) is 71.3 Å². The van der Waals surface area contributed by atoms with Crippen LogP contribution in [-0.4, -0.2) is 27.2 Å². The summed E-state index contributed by atoms with van der Waals surface area (Å²) in [6.45, 7) is 1.78. The summed E-state index contributed by atoms with van der Waals surface area (Å²) in [7, 11) is 0. The summed E-state index contributed by atoms with van der Waals surface area (Å²) in [4.78, 5) is 15.1. The zero-order valence-electron chi connectivity index (χ0n) is 15.4. The smallest absolute Gasteiger partial charge is 0.322 e. The van der Waals surface area contributed by atoms with Crippen LogP contribution in [0.5, 0.6) is 0 Å². The van der Waals surface area contributed by atoms with E-state index in [1.54, 1.807) is 6.92 Å². The van der Waals surface area contributed by atoms with Gasteiger partial charge < -0.3 is 14.6 Å². The van der Waals surface area contributed by atoms with E-state index in [0.29, 0.717) is 17.7 Å². The van der Waals surface area contributed by atoms with E-state index in [9.17, 15) is 4.79 Å². The molecule has 2 heterocycles. The zero-order valence-corrected chi connectivity index (χ0v) is 16.1. The first-order valence-corrected chi connectivity index (χ1v) is 10.1. The first-order chi connectivity index (χ1) is 13.1. The van der Waals surface area contributed by atoms with Gasteiger partial charge in [0, 0.05) is 30.1 Å². The molecule has 1 aromatic carbocycles. The monoisotopic (exact) mass is 386 g/mol. The summed E-state index contributed by atoms with van der Waals surface area (Å²) in [5, 5.41) is 12.1. The molecule has 0 radical (unpaired) electrons. The minimum Gasteiger partial charge on any atom is -0.423 e. The Balaban J connectivity index is 1.39. The van der Waals surface area contributed by atoms with Gasteiger partial charge in [0.05, 0.1) is 0 Å². The second-order valence-electron chi connectivity index (χ2n) is 8.07. The van der Waals surface area contributed by atoms with Crippen molar-refractivity contribution in [1.29, 1.82) is 0 Å². The van der Waals surface area contributed by atoms with E-state index in [0.717, 1.165) is 42.0 Å². The fourth-order valence-corrected chi connectivity index (χ4v) is 5.15. The molecule has 2 bridgehead atoms. The Hall–Kier alpha value is -2.08. The molecule has 142 valence electrons. The van der Waals surface area contributed by atoms with Gasteiger partial charge >= 0.3 is 6.03 Å². The number of anilines is 1. The van der Waals surface area contributed by atoms with Crippen molar-refractivity contribution in [3.63, 3.8) is 0 Å². The molecule has 2 saturated carbocycles. The van der Waals surface area contributed by atoms with Gasteiger partial charge in [-0.05, 0) is 61.8 Å². The van der Waals surface area contributed by atoms with Crippen molar-refractivity contribution in [2.45, 2.75) is 69.4 Å². The minimum atomic E-state index is -0.447. The molecule has 1 saturated heterocycles. The van der Waals surface area contributed by atoms with Gasteiger partial charge in [-0.3, -0.25) is 0 Å². The highest BCUT2D eigenvalue weighted by Gasteiger charge is 2.60. The van der Waals surface area contributed by atoms with Gasteiger partial charge in [-0.15, -0.1) is 10.2 Å². The molecule has 1 N–H and O–H groups in total. The van der Waals surface area contributed by atoms with Crippen LogP contribution < -0.4 is 5.32 Å². The average molecular weight is 387 g/mol. The number of nitrogens with zero attached hydrogens (tertiary/aromatic N) is 3. The number of hydrogen-bond donors (Lipinski definition) is 1. The molecule has 1 aliphatic heterocycles. The Labute approximate surface area is 163 Å². The molecule has 3 fully saturated rings. The third-order valence-electron chi connectivity index (χ3n) is 6.46. The zero-order chi connectivity index (χ0) is 18.6. The molecule has 6 nitrogen and oxygen atoms in total. The molecular weight excluding hydrogens is 364 g/mol. The van der Waals surface area contributed by atoms with Crippen LogP contribution in [0, 0.1) is 6.92 Å². The van der Waals surface area contributed by atoms with E-state index in [2.05, 4.69) is 15.5 Å². The predicted molar refractivity (Wildman–Crippen MR) is 102 cm³/mol. The van der Waals surface area contributed by atoms with Crippen LogP contribution in [0.15, 0.2) is 22.6 Å². The number of halogens is 1. The van der Waals surface area contributed by atoms with E-state index < -0.39 is 5.54 Å². The van der Waals surface area contributed by atoms with Crippen LogP contribution in [0.4, 0.5) is 10.5 Å². The van der Waals surface area contributed by atoms with Crippen LogP contribution in [0.1, 0.15) is 68.2 Å². The number of amides is 2. The largest absolute Gasteiger partial charge is 0.423 e. The van der Waals surface area contributed by atoms with E-state index >= 15 is 0 Å². The number of fused-ring (bicyclic) bond motifs is 2. The van der Waals surface area contributed by atoms with E-state index in [1.807, 2.05) is 23.1 Å². The van der Waals surface area contributed by atoms with Gasteiger partial charge in [0.1, 0.15) is 5.54 Å². The lowest BCUT2D eigenvalue weighted by molar-refractivity contribution is -0.0912. The Morgan fingerprint density at radius 3 is 2.81 bits per heavy atom. The number of nitrogens with one attached hydrogen (secondary N) is 1. The molecule has 27 heavy (non-hydrogen) atoms. The molecule has 2 amide bonds. The van der Waals surface area contributed by atoms with Gasteiger partial charge in [-0.25, -0.2) is 4.79 Å². The number of aryl methyl sites for hydroxylation is 1. The molecular formula is C20H23ClN4O2. The standard InChI is InChI=1S/C20H23ClN4O2/c1-12-23-24-18(27-12)20-9-3-6-15(11-20)25(20)19(26)22-14-7-8-17(21)16(10-14)13-4-2-5-13/h7-8,10,13,15H,2-6,9,11H2,1H3,(H,22,26). The van der Waals surface area contributed by atoms with Gasteiger partial charge in [0.25, 0.3) is 0 Å². The third-order valence-corrected chi connectivity index (χ3v) is 6.81. The number of carbonyl (C=O) groups is 1. The molecule has 5 rings (SSSR count). The van der Waals surface area contributed by atoms with Crippen molar-refractivity contribution in [1.82, 2.24) is 15.1 Å². The van der Waals surface area contributed by atoms with Crippen molar-refractivity contribution in [2.24, 2.45) is 0 Å². The first-order valence-electron chi connectivity index (χ1n) is 9.77. The second kappa shape index (κ2) is 6.23. The summed E-state index contributed by atoms with van der Waals surface area (Å²) in [5.41, 5.74) is 1.50. The summed E-state index contributed by atoms with van der Waals surface area (Å²) in [6, 6.07) is 5.94. The Morgan fingerprint density at radius 1 is 1.30 bits per heavy atom. The number of urea groups is 1. The average Bonchev–Trinajstić information content (AvgIpc) is 3.03. The Bertz CT molecular complexity index is 890. The van der Waals surface area contributed by atoms with Crippen LogP contribution in [0.3, 0.4) is 0 Å². The lowest BCUT2D eigenvalue weighted by Crippen LogP contribution is -2.69. The van der Waals surface area contributed by atoms with Gasteiger partial charge in [-0.2, -0.15) is 0 Å². The predicted octanol–water partition coefficient (Wildman–Crippen LogP) is 4.98. The molecule has 2 aromatic rings. The number of aromatic nitrogens is 2. The molecule has 0 spiro atoms. The van der Waals surface area contributed by atoms with Gasteiger partial charge in [0.2, 0.25) is 11.8 Å². The van der Waals surface area contributed by atoms with Crippen molar-refractivity contribution in [2.75, 3.05) is 5.32 Å². The van der Waals surface area contributed by atoms with E-state index in [-0.39, 0.29) is 12.1 Å². The van der Waals surface area contributed by atoms with Gasteiger partial charge in [-0.1, -0.05) is 18.0 Å². The minimum absolute atomic E-state index is 0.0938. The summed E-state index contributed by atoms with van der Waals surface area (Å²) in [6.07, 6.45) is 7.45.